The van der Waals surface area contributed by atoms with Gasteiger partial charge in [0.1, 0.15) is 0 Å². The summed E-state index contributed by atoms with van der Waals surface area (Å²) >= 11 is 3.14. The smallest absolute Gasteiger partial charge is 0.266 e. The third-order valence-electron chi connectivity index (χ3n) is 4.84. The lowest BCUT2D eigenvalue weighted by Gasteiger charge is -2.13. The maximum absolute atomic E-state index is 13.3. The number of thiazole rings is 1. The van der Waals surface area contributed by atoms with Gasteiger partial charge in [0.05, 0.1) is 22.3 Å². The SMILES string of the molecule is CCc1ccc(-n2c(SCc3cn4ccsc4n3)nc3ccccc3c2=O)cc1. The number of aryl methyl sites for hydroxylation is 1. The average molecular weight is 419 g/mol. The van der Waals surface area contributed by atoms with Crippen molar-refractivity contribution < 1.29 is 0 Å². The second kappa shape index (κ2) is 7.50. The highest BCUT2D eigenvalue weighted by molar-refractivity contribution is 7.98. The maximum Gasteiger partial charge on any atom is 0.266 e. The van der Waals surface area contributed by atoms with Gasteiger partial charge in [-0.15, -0.1) is 11.3 Å². The summed E-state index contributed by atoms with van der Waals surface area (Å²) in [6, 6.07) is 15.6. The van der Waals surface area contributed by atoms with Crippen molar-refractivity contribution in [2.75, 3.05) is 0 Å². The van der Waals surface area contributed by atoms with E-state index < -0.39 is 0 Å². The number of fused-ring (bicyclic) bond motifs is 2. The minimum Gasteiger partial charge on any atom is -0.297 e. The van der Waals surface area contributed by atoms with Crippen LogP contribution in [0.1, 0.15) is 18.2 Å². The molecular formula is C22H18N4OS2. The van der Waals surface area contributed by atoms with E-state index in [1.807, 2.05) is 58.6 Å². The van der Waals surface area contributed by atoms with Crippen LogP contribution in [0.25, 0.3) is 21.6 Å². The van der Waals surface area contributed by atoms with E-state index in [1.165, 1.54) is 17.3 Å². The Labute approximate surface area is 175 Å². The summed E-state index contributed by atoms with van der Waals surface area (Å²) in [5.41, 5.74) is 3.71. The van der Waals surface area contributed by atoms with Gasteiger partial charge >= 0.3 is 0 Å². The Balaban J connectivity index is 1.59. The molecule has 0 radical (unpaired) electrons. The molecule has 0 aliphatic heterocycles. The molecule has 29 heavy (non-hydrogen) atoms. The molecule has 5 rings (SSSR count). The van der Waals surface area contributed by atoms with Crippen LogP contribution in [0.3, 0.4) is 0 Å². The van der Waals surface area contributed by atoms with Crippen LogP contribution in [0.2, 0.25) is 0 Å². The Morgan fingerprint density at radius 1 is 1.07 bits per heavy atom. The number of thioether (sulfide) groups is 1. The fraction of sp³-hybridized carbons (Fsp3) is 0.136. The summed E-state index contributed by atoms with van der Waals surface area (Å²) in [6.07, 6.45) is 4.99. The van der Waals surface area contributed by atoms with E-state index in [0.29, 0.717) is 21.8 Å². The first kappa shape index (κ1) is 18.1. The highest BCUT2D eigenvalue weighted by Crippen LogP contribution is 2.25. The monoisotopic (exact) mass is 418 g/mol. The maximum atomic E-state index is 13.3. The minimum atomic E-state index is -0.0480. The van der Waals surface area contributed by atoms with Gasteiger partial charge in [-0.1, -0.05) is 43.0 Å². The highest BCUT2D eigenvalue weighted by Gasteiger charge is 2.14. The molecule has 2 aromatic carbocycles. The van der Waals surface area contributed by atoms with Crippen molar-refractivity contribution >= 4 is 39.0 Å². The molecule has 0 bridgehead atoms. The second-order valence-corrected chi connectivity index (χ2v) is 8.50. The molecule has 3 aromatic heterocycles. The summed E-state index contributed by atoms with van der Waals surface area (Å²) in [6.45, 7) is 2.12. The first-order valence-electron chi connectivity index (χ1n) is 9.38. The van der Waals surface area contributed by atoms with Gasteiger partial charge in [-0.05, 0) is 36.2 Å². The molecule has 0 unspecified atom stereocenters. The van der Waals surface area contributed by atoms with E-state index >= 15 is 0 Å². The highest BCUT2D eigenvalue weighted by atomic mass is 32.2. The van der Waals surface area contributed by atoms with Crippen molar-refractivity contribution in [3.8, 4) is 5.69 Å². The average Bonchev–Trinajstić information content (AvgIpc) is 3.34. The van der Waals surface area contributed by atoms with Crippen molar-refractivity contribution in [3.05, 3.63) is 87.9 Å². The lowest BCUT2D eigenvalue weighted by Crippen LogP contribution is -2.21. The molecule has 5 aromatic rings. The van der Waals surface area contributed by atoms with Crippen molar-refractivity contribution in [3.63, 3.8) is 0 Å². The van der Waals surface area contributed by atoms with Gasteiger partial charge in [0.15, 0.2) is 10.1 Å². The number of aromatic nitrogens is 4. The largest absolute Gasteiger partial charge is 0.297 e. The van der Waals surface area contributed by atoms with E-state index in [2.05, 4.69) is 24.0 Å². The topological polar surface area (TPSA) is 52.2 Å². The van der Waals surface area contributed by atoms with Gasteiger partial charge in [0.25, 0.3) is 5.56 Å². The Kier molecular flexibility index (Phi) is 4.69. The Morgan fingerprint density at radius 3 is 2.69 bits per heavy atom. The molecule has 0 saturated carbocycles. The summed E-state index contributed by atoms with van der Waals surface area (Å²) in [4.78, 5) is 23.7. The van der Waals surface area contributed by atoms with Crippen LogP contribution in [0.5, 0.6) is 0 Å². The minimum absolute atomic E-state index is 0.0480. The van der Waals surface area contributed by atoms with Crippen LogP contribution in [0.4, 0.5) is 0 Å². The predicted molar refractivity (Wildman–Crippen MR) is 119 cm³/mol. The zero-order chi connectivity index (χ0) is 19.8. The number of para-hydroxylation sites is 1. The molecule has 0 fully saturated rings. The zero-order valence-corrected chi connectivity index (χ0v) is 17.4. The van der Waals surface area contributed by atoms with E-state index in [9.17, 15) is 4.79 Å². The molecule has 0 atom stereocenters. The fourth-order valence-corrected chi connectivity index (χ4v) is 4.92. The van der Waals surface area contributed by atoms with Crippen molar-refractivity contribution in [1.29, 1.82) is 0 Å². The van der Waals surface area contributed by atoms with E-state index in [4.69, 9.17) is 4.98 Å². The van der Waals surface area contributed by atoms with Crippen molar-refractivity contribution in [2.24, 2.45) is 0 Å². The van der Waals surface area contributed by atoms with Crippen molar-refractivity contribution in [1.82, 2.24) is 18.9 Å². The van der Waals surface area contributed by atoms with E-state index in [-0.39, 0.29) is 5.56 Å². The van der Waals surface area contributed by atoms with Crippen LogP contribution < -0.4 is 5.56 Å². The standard InChI is InChI=1S/C22H18N4OS2/c1-2-15-7-9-17(10-8-15)26-20(27)18-5-3-4-6-19(18)24-22(26)29-14-16-13-25-11-12-28-21(25)23-16/h3-13H,2,14H2,1H3. The number of rotatable bonds is 5. The van der Waals surface area contributed by atoms with Crippen molar-refractivity contribution in [2.45, 2.75) is 24.3 Å². The number of hydrogen-bond donors (Lipinski definition) is 0. The van der Waals surface area contributed by atoms with Gasteiger partial charge in [-0.25, -0.2) is 9.97 Å². The van der Waals surface area contributed by atoms with Crippen LogP contribution in [0, 0.1) is 0 Å². The summed E-state index contributed by atoms with van der Waals surface area (Å²) < 4.78 is 3.73. The molecule has 0 spiro atoms. The van der Waals surface area contributed by atoms with Crippen LogP contribution in [-0.2, 0) is 12.2 Å². The molecule has 0 amide bonds. The Morgan fingerprint density at radius 2 is 1.90 bits per heavy atom. The lowest BCUT2D eigenvalue weighted by molar-refractivity contribution is 0.818. The summed E-state index contributed by atoms with van der Waals surface area (Å²) in [5.74, 6) is 0.645. The third-order valence-corrected chi connectivity index (χ3v) is 6.58. The molecule has 0 aliphatic carbocycles. The number of benzene rings is 2. The van der Waals surface area contributed by atoms with Gasteiger partial charge in [-0.2, -0.15) is 0 Å². The van der Waals surface area contributed by atoms with E-state index in [1.54, 1.807) is 15.9 Å². The van der Waals surface area contributed by atoms with Crippen LogP contribution >= 0.6 is 23.1 Å². The van der Waals surface area contributed by atoms with Gasteiger partial charge < -0.3 is 0 Å². The van der Waals surface area contributed by atoms with Gasteiger partial charge in [0.2, 0.25) is 0 Å². The number of hydrogen-bond acceptors (Lipinski definition) is 5. The zero-order valence-electron chi connectivity index (χ0n) is 15.8. The normalized spacial score (nSPS) is 11.5. The van der Waals surface area contributed by atoms with E-state index in [0.717, 1.165) is 22.8 Å². The summed E-state index contributed by atoms with van der Waals surface area (Å²) in [7, 11) is 0. The van der Waals surface area contributed by atoms with Crippen LogP contribution in [-0.4, -0.2) is 18.9 Å². The molecule has 0 aliphatic rings. The lowest BCUT2D eigenvalue weighted by atomic mass is 10.1. The van der Waals surface area contributed by atoms with Crippen LogP contribution in [0.15, 0.2) is 76.3 Å². The quantitative estimate of drug-likeness (QED) is 0.299. The summed E-state index contributed by atoms with van der Waals surface area (Å²) in [5, 5.41) is 3.31. The van der Waals surface area contributed by atoms with Gasteiger partial charge in [-0.3, -0.25) is 13.8 Å². The number of nitrogens with zero attached hydrogens (tertiary/aromatic N) is 4. The Bertz CT molecular complexity index is 1340. The Hall–Kier alpha value is -2.90. The predicted octanol–water partition coefficient (Wildman–Crippen LogP) is 4.95. The third kappa shape index (κ3) is 3.36. The fourth-order valence-electron chi connectivity index (χ4n) is 3.30. The molecule has 144 valence electrons. The number of imidazole rings is 1. The molecular weight excluding hydrogens is 400 g/mol. The molecule has 0 saturated heterocycles. The first-order valence-corrected chi connectivity index (χ1v) is 11.2. The molecule has 0 N–H and O–H groups in total. The molecule has 7 heteroatoms. The molecule has 5 nitrogen and oxygen atoms in total. The second-order valence-electron chi connectivity index (χ2n) is 6.69. The van der Waals surface area contributed by atoms with Gasteiger partial charge in [0, 0.05) is 23.5 Å². The first-order chi connectivity index (χ1) is 14.2. The molecule has 3 heterocycles.